The van der Waals surface area contributed by atoms with Crippen LogP contribution >= 0.6 is 11.3 Å². The number of likely N-dealkylation sites (N-methyl/N-ethyl adjacent to an activating group) is 1. The molecule has 20 heavy (non-hydrogen) atoms. The van der Waals surface area contributed by atoms with Gasteiger partial charge in [-0.1, -0.05) is 0 Å². The fraction of sp³-hybridized carbons (Fsp3) is 0.545. The molecule has 0 atom stereocenters. The number of rotatable bonds is 4. The maximum Gasteiger partial charge on any atom is 0.406 e. The number of hydrogen-bond acceptors (Lipinski definition) is 4. The highest BCUT2D eigenvalue weighted by atomic mass is 32.1. The van der Waals surface area contributed by atoms with Crippen LogP contribution in [0, 0.1) is 6.92 Å². The highest BCUT2D eigenvalue weighted by Gasteiger charge is 2.35. The lowest BCUT2D eigenvalue weighted by Crippen LogP contribution is -2.45. The van der Waals surface area contributed by atoms with E-state index < -0.39 is 31.1 Å². The van der Waals surface area contributed by atoms with Gasteiger partial charge in [-0.2, -0.15) is 13.2 Å². The van der Waals surface area contributed by atoms with Gasteiger partial charge in [0.05, 0.1) is 5.01 Å². The average Bonchev–Trinajstić information content (AvgIpc) is 2.72. The van der Waals surface area contributed by atoms with Crippen molar-refractivity contribution in [3.05, 3.63) is 16.1 Å². The highest BCUT2D eigenvalue weighted by Crippen LogP contribution is 2.19. The Balaban J connectivity index is 2.92. The van der Waals surface area contributed by atoms with Gasteiger partial charge in [-0.25, -0.2) is 4.98 Å². The number of amides is 2. The molecule has 0 saturated carbocycles. The van der Waals surface area contributed by atoms with Crippen molar-refractivity contribution >= 4 is 23.2 Å². The van der Waals surface area contributed by atoms with Gasteiger partial charge in [0, 0.05) is 19.5 Å². The zero-order valence-corrected chi connectivity index (χ0v) is 12.0. The smallest absolute Gasteiger partial charge is 0.347 e. The van der Waals surface area contributed by atoms with Gasteiger partial charge in [-0.3, -0.25) is 9.59 Å². The van der Waals surface area contributed by atoms with E-state index in [2.05, 4.69) is 4.98 Å². The van der Waals surface area contributed by atoms with Gasteiger partial charge in [0.1, 0.15) is 18.8 Å². The van der Waals surface area contributed by atoms with Crippen LogP contribution in [0.5, 0.6) is 0 Å². The first kappa shape index (κ1) is 16.4. The molecule has 0 unspecified atom stereocenters. The van der Waals surface area contributed by atoms with Crippen LogP contribution < -0.4 is 0 Å². The van der Waals surface area contributed by atoms with Crippen molar-refractivity contribution in [3.63, 3.8) is 0 Å². The molecule has 1 heterocycles. The summed E-state index contributed by atoms with van der Waals surface area (Å²) in [6.07, 6.45) is -4.58. The van der Waals surface area contributed by atoms with Gasteiger partial charge in [-0.15, -0.1) is 11.3 Å². The fourth-order valence-electron chi connectivity index (χ4n) is 1.34. The SMILES string of the molecule is Cc1nc(C(=O)N(CC(=O)N(C)C)CC(F)(F)F)cs1. The largest absolute Gasteiger partial charge is 0.406 e. The average molecular weight is 309 g/mol. The Morgan fingerprint density at radius 1 is 1.35 bits per heavy atom. The molecule has 1 aromatic heterocycles. The van der Waals surface area contributed by atoms with Crippen LogP contribution in [0.15, 0.2) is 5.38 Å². The lowest BCUT2D eigenvalue weighted by Gasteiger charge is -2.24. The number of thiazole rings is 1. The normalized spacial score (nSPS) is 11.3. The monoisotopic (exact) mass is 309 g/mol. The number of hydrogen-bond donors (Lipinski definition) is 0. The molecule has 112 valence electrons. The minimum Gasteiger partial charge on any atom is -0.347 e. The number of aryl methyl sites for hydroxylation is 1. The number of alkyl halides is 3. The summed E-state index contributed by atoms with van der Waals surface area (Å²) in [6.45, 7) is -0.482. The van der Waals surface area contributed by atoms with Crippen molar-refractivity contribution in [2.45, 2.75) is 13.1 Å². The lowest BCUT2D eigenvalue weighted by molar-refractivity contribution is -0.146. The Bertz CT molecular complexity index is 499. The first-order valence-electron chi connectivity index (χ1n) is 5.58. The lowest BCUT2D eigenvalue weighted by atomic mass is 10.3. The van der Waals surface area contributed by atoms with E-state index in [1.165, 1.54) is 19.5 Å². The van der Waals surface area contributed by atoms with Crippen molar-refractivity contribution < 1.29 is 22.8 Å². The van der Waals surface area contributed by atoms with Crippen molar-refractivity contribution in [2.24, 2.45) is 0 Å². The molecule has 0 aliphatic heterocycles. The van der Waals surface area contributed by atoms with E-state index in [4.69, 9.17) is 0 Å². The second kappa shape index (κ2) is 6.21. The number of carbonyl (C=O) groups excluding carboxylic acids is 2. The predicted octanol–water partition coefficient (Wildman–Crippen LogP) is 1.54. The van der Waals surface area contributed by atoms with Crippen LogP contribution in [0.3, 0.4) is 0 Å². The van der Waals surface area contributed by atoms with E-state index in [-0.39, 0.29) is 5.69 Å². The van der Waals surface area contributed by atoms with Crippen LogP contribution in [0.1, 0.15) is 15.5 Å². The third kappa shape index (κ3) is 4.80. The van der Waals surface area contributed by atoms with Gasteiger partial charge < -0.3 is 9.80 Å². The molecule has 9 heteroatoms. The van der Waals surface area contributed by atoms with Gasteiger partial charge in [0.25, 0.3) is 5.91 Å². The van der Waals surface area contributed by atoms with Gasteiger partial charge in [0.15, 0.2) is 0 Å². The summed E-state index contributed by atoms with van der Waals surface area (Å²) in [5.41, 5.74) is -0.0803. The molecule has 0 bridgehead atoms. The molecule has 0 saturated heterocycles. The molecule has 0 spiro atoms. The number of aromatic nitrogens is 1. The van der Waals surface area contributed by atoms with Crippen molar-refractivity contribution in [1.29, 1.82) is 0 Å². The van der Waals surface area contributed by atoms with E-state index in [1.807, 2.05) is 0 Å². The summed E-state index contributed by atoms with van der Waals surface area (Å²) in [7, 11) is 2.82. The van der Waals surface area contributed by atoms with E-state index >= 15 is 0 Å². The fourth-order valence-corrected chi connectivity index (χ4v) is 1.93. The summed E-state index contributed by atoms with van der Waals surface area (Å²) < 4.78 is 37.5. The Morgan fingerprint density at radius 3 is 2.35 bits per heavy atom. The third-order valence-corrected chi connectivity index (χ3v) is 3.09. The number of carbonyl (C=O) groups is 2. The molecule has 1 rings (SSSR count). The van der Waals surface area contributed by atoms with E-state index in [0.29, 0.717) is 9.91 Å². The standard InChI is InChI=1S/C11H14F3N3O2S/c1-7-15-8(5-20-7)10(19)17(6-11(12,13)14)4-9(18)16(2)3/h5H,4,6H2,1-3H3. The molecule has 0 N–H and O–H groups in total. The van der Waals surface area contributed by atoms with Gasteiger partial charge >= 0.3 is 6.18 Å². The molecule has 2 amide bonds. The van der Waals surface area contributed by atoms with Crippen LogP contribution in [0.4, 0.5) is 13.2 Å². The Labute approximate surface area is 118 Å². The molecule has 0 fully saturated rings. The molecule has 0 aliphatic carbocycles. The summed E-state index contributed by atoms with van der Waals surface area (Å²) in [6, 6.07) is 0. The molecular weight excluding hydrogens is 295 g/mol. The second-order valence-corrected chi connectivity index (χ2v) is 5.38. The quantitative estimate of drug-likeness (QED) is 0.848. The van der Waals surface area contributed by atoms with E-state index in [9.17, 15) is 22.8 Å². The molecule has 5 nitrogen and oxygen atoms in total. The highest BCUT2D eigenvalue weighted by molar-refractivity contribution is 7.09. The maximum atomic E-state index is 12.5. The Kier molecular flexibility index (Phi) is 5.09. The van der Waals surface area contributed by atoms with Crippen LogP contribution in [0.25, 0.3) is 0 Å². The van der Waals surface area contributed by atoms with E-state index in [1.54, 1.807) is 6.92 Å². The van der Waals surface area contributed by atoms with E-state index in [0.717, 1.165) is 16.2 Å². The summed E-state index contributed by atoms with van der Waals surface area (Å²) in [5, 5.41) is 1.94. The first-order chi connectivity index (χ1) is 9.10. The molecule has 0 aromatic carbocycles. The van der Waals surface area contributed by atoms with Crippen molar-refractivity contribution in [1.82, 2.24) is 14.8 Å². The molecule has 0 radical (unpaired) electrons. The van der Waals surface area contributed by atoms with Crippen molar-refractivity contribution in [3.8, 4) is 0 Å². The molecule has 1 aromatic rings. The molecule has 0 aliphatic rings. The Hall–Kier alpha value is -1.64. The minimum atomic E-state index is -4.58. The number of halogens is 3. The first-order valence-corrected chi connectivity index (χ1v) is 6.46. The van der Waals surface area contributed by atoms with Gasteiger partial charge in [-0.05, 0) is 6.92 Å². The minimum absolute atomic E-state index is 0.0803. The summed E-state index contributed by atoms with van der Waals surface area (Å²) in [4.78, 5) is 29.0. The maximum absolute atomic E-state index is 12.5. The van der Waals surface area contributed by atoms with Crippen LogP contribution in [-0.2, 0) is 4.79 Å². The van der Waals surface area contributed by atoms with Crippen LogP contribution in [-0.4, -0.2) is 60.0 Å². The van der Waals surface area contributed by atoms with Crippen LogP contribution in [0.2, 0.25) is 0 Å². The predicted molar refractivity (Wildman–Crippen MR) is 67.5 cm³/mol. The van der Waals surface area contributed by atoms with Crippen molar-refractivity contribution in [2.75, 3.05) is 27.2 Å². The summed E-state index contributed by atoms with van der Waals surface area (Å²) in [5.74, 6) is -1.49. The third-order valence-electron chi connectivity index (χ3n) is 2.32. The number of nitrogens with zero attached hydrogens (tertiary/aromatic N) is 3. The zero-order chi connectivity index (χ0) is 15.5. The second-order valence-electron chi connectivity index (χ2n) is 4.32. The Morgan fingerprint density at radius 2 is 1.95 bits per heavy atom. The van der Waals surface area contributed by atoms with Gasteiger partial charge in [0.2, 0.25) is 5.91 Å². The summed E-state index contributed by atoms with van der Waals surface area (Å²) >= 11 is 1.16. The zero-order valence-electron chi connectivity index (χ0n) is 11.2. The molecular formula is C11H14F3N3O2S. The topological polar surface area (TPSA) is 53.5 Å².